The molecule has 3 aromatic rings. The van der Waals surface area contributed by atoms with Gasteiger partial charge < -0.3 is 20.1 Å². The first-order chi connectivity index (χ1) is 12.8. The third-order valence-electron chi connectivity index (χ3n) is 3.80. The maximum atomic E-state index is 11.7. The van der Waals surface area contributed by atoms with Crippen LogP contribution in [0.3, 0.4) is 0 Å². The smallest absolute Gasteiger partial charge is 0.259 e. The summed E-state index contributed by atoms with van der Waals surface area (Å²) in [4.78, 5) is 22.3. The molecule has 0 saturated carbocycles. The second-order valence-corrected chi connectivity index (χ2v) is 7.48. The molecule has 2 N–H and O–H groups in total. The zero-order valence-corrected chi connectivity index (χ0v) is 16.5. The quantitative estimate of drug-likeness (QED) is 0.675. The standard InChI is InChI=1S/C19H22N4O3S/c1-11(2)20-19-22-16(10-27-19)15-8-17(24)13-6-5-12(7-14(13)21-15)26-9-18(25)23(3)4/h5-8,10-11H,9H2,1-4H3,(H,20,22)(H,21,24). The van der Waals surface area contributed by atoms with Gasteiger partial charge in [-0.2, -0.15) is 0 Å². The summed E-state index contributed by atoms with van der Waals surface area (Å²) in [5, 5.41) is 16.9. The summed E-state index contributed by atoms with van der Waals surface area (Å²) in [6.07, 6.45) is 0. The zero-order valence-electron chi connectivity index (χ0n) is 15.7. The predicted molar refractivity (Wildman–Crippen MR) is 107 cm³/mol. The Labute approximate surface area is 161 Å². The molecule has 0 spiro atoms. The van der Waals surface area contributed by atoms with Crippen molar-refractivity contribution in [3.05, 3.63) is 29.6 Å². The van der Waals surface area contributed by atoms with Crippen LogP contribution < -0.4 is 10.1 Å². The van der Waals surface area contributed by atoms with E-state index in [0.29, 0.717) is 28.0 Å². The lowest BCUT2D eigenvalue weighted by atomic mass is 10.1. The number of aromatic hydroxyl groups is 1. The molecule has 0 fully saturated rings. The topological polar surface area (TPSA) is 87.6 Å². The summed E-state index contributed by atoms with van der Waals surface area (Å²) in [7, 11) is 3.35. The average Bonchev–Trinajstić information content (AvgIpc) is 3.06. The van der Waals surface area contributed by atoms with Crippen molar-refractivity contribution in [2.24, 2.45) is 0 Å². The van der Waals surface area contributed by atoms with E-state index in [1.165, 1.54) is 16.2 Å². The number of amides is 1. The lowest BCUT2D eigenvalue weighted by Gasteiger charge is -2.12. The minimum absolute atomic E-state index is 0.0551. The molecule has 0 radical (unpaired) electrons. The first-order valence-electron chi connectivity index (χ1n) is 8.52. The summed E-state index contributed by atoms with van der Waals surface area (Å²) in [6, 6.07) is 7.03. The van der Waals surface area contributed by atoms with Crippen LogP contribution in [0.2, 0.25) is 0 Å². The summed E-state index contributed by atoms with van der Waals surface area (Å²) < 4.78 is 5.53. The summed E-state index contributed by atoms with van der Waals surface area (Å²) in [5.41, 5.74) is 1.84. The van der Waals surface area contributed by atoms with Crippen LogP contribution in [0, 0.1) is 0 Å². The average molecular weight is 386 g/mol. The number of hydrogen-bond donors (Lipinski definition) is 2. The summed E-state index contributed by atoms with van der Waals surface area (Å²) >= 11 is 1.49. The predicted octanol–water partition coefficient (Wildman–Crippen LogP) is 3.35. The highest BCUT2D eigenvalue weighted by Gasteiger charge is 2.12. The minimum atomic E-state index is -0.132. The lowest BCUT2D eigenvalue weighted by molar-refractivity contribution is -0.130. The lowest BCUT2D eigenvalue weighted by Crippen LogP contribution is -2.27. The van der Waals surface area contributed by atoms with E-state index in [4.69, 9.17) is 4.74 Å². The van der Waals surface area contributed by atoms with Gasteiger partial charge in [0.15, 0.2) is 11.7 Å². The Hall–Kier alpha value is -2.87. The molecule has 7 nitrogen and oxygen atoms in total. The molecule has 2 heterocycles. The molecule has 0 aliphatic heterocycles. The second-order valence-electron chi connectivity index (χ2n) is 6.62. The molecule has 1 amide bonds. The molecular formula is C19H22N4O3S. The second kappa shape index (κ2) is 7.79. The maximum absolute atomic E-state index is 11.7. The molecule has 0 saturated heterocycles. The van der Waals surface area contributed by atoms with Crippen molar-refractivity contribution in [1.29, 1.82) is 0 Å². The number of likely N-dealkylation sites (N-methyl/N-ethyl adjacent to an activating group) is 1. The number of nitrogens with one attached hydrogen (secondary N) is 1. The Kier molecular flexibility index (Phi) is 5.46. The number of fused-ring (bicyclic) bond motifs is 1. The van der Waals surface area contributed by atoms with Crippen LogP contribution in [0.15, 0.2) is 29.6 Å². The van der Waals surface area contributed by atoms with Gasteiger partial charge in [-0.3, -0.25) is 4.79 Å². The number of carbonyl (C=O) groups excluding carboxylic acids is 1. The number of benzene rings is 1. The third-order valence-corrected chi connectivity index (χ3v) is 4.57. The molecule has 0 bridgehead atoms. The van der Waals surface area contributed by atoms with Crippen molar-refractivity contribution >= 4 is 33.3 Å². The Morgan fingerprint density at radius 1 is 1.26 bits per heavy atom. The van der Waals surface area contributed by atoms with Crippen LogP contribution >= 0.6 is 11.3 Å². The van der Waals surface area contributed by atoms with Gasteiger partial charge >= 0.3 is 0 Å². The molecule has 8 heteroatoms. The van der Waals surface area contributed by atoms with Gasteiger partial charge in [-0.25, -0.2) is 9.97 Å². The maximum Gasteiger partial charge on any atom is 0.259 e. The number of rotatable bonds is 6. The highest BCUT2D eigenvalue weighted by molar-refractivity contribution is 7.14. The van der Waals surface area contributed by atoms with Gasteiger partial charge in [-0.1, -0.05) is 0 Å². The Morgan fingerprint density at radius 2 is 2.04 bits per heavy atom. The number of aromatic nitrogens is 2. The molecule has 142 valence electrons. The first kappa shape index (κ1) is 18.9. The van der Waals surface area contributed by atoms with E-state index < -0.39 is 0 Å². The number of thiazole rings is 1. The largest absolute Gasteiger partial charge is 0.507 e. The SMILES string of the molecule is CC(C)Nc1nc(-c2cc(O)c3ccc(OCC(=O)N(C)C)cc3n2)cs1. The number of hydrogen-bond acceptors (Lipinski definition) is 7. The van der Waals surface area contributed by atoms with E-state index in [9.17, 15) is 9.90 Å². The number of pyridine rings is 1. The van der Waals surface area contributed by atoms with Crippen LogP contribution in [0.1, 0.15) is 13.8 Å². The van der Waals surface area contributed by atoms with Crippen molar-refractivity contribution in [2.75, 3.05) is 26.0 Å². The molecular weight excluding hydrogens is 364 g/mol. The van der Waals surface area contributed by atoms with Gasteiger partial charge in [0.05, 0.1) is 11.2 Å². The number of anilines is 1. The van der Waals surface area contributed by atoms with Crippen LogP contribution in [0.5, 0.6) is 11.5 Å². The molecule has 1 aromatic carbocycles. The van der Waals surface area contributed by atoms with E-state index in [2.05, 4.69) is 15.3 Å². The minimum Gasteiger partial charge on any atom is -0.507 e. The summed E-state index contributed by atoms with van der Waals surface area (Å²) in [6.45, 7) is 4.04. The number of carbonyl (C=O) groups is 1. The van der Waals surface area contributed by atoms with Crippen LogP contribution in [0.25, 0.3) is 22.3 Å². The van der Waals surface area contributed by atoms with E-state index in [1.807, 2.05) is 19.2 Å². The van der Waals surface area contributed by atoms with E-state index in [0.717, 1.165) is 5.13 Å². The molecule has 27 heavy (non-hydrogen) atoms. The molecule has 3 rings (SSSR count). The number of nitrogens with zero attached hydrogens (tertiary/aromatic N) is 3. The fourth-order valence-electron chi connectivity index (χ4n) is 2.39. The molecule has 0 unspecified atom stereocenters. The zero-order chi connectivity index (χ0) is 19.6. The first-order valence-corrected chi connectivity index (χ1v) is 9.40. The van der Waals surface area contributed by atoms with E-state index in [-0.39, 0.29) is 24.3 Å². The van der Waals surface area contributed by atoms with Crippen LogP contribution in [-0.2, 0) is 4.79 Å². The monoisotopic (exact) mass is 386 g/mol. The highest BCUT2D eigenvalue weighted by atomic mass is 32.1. The van der Waals surface area contributed by atoms with E-state index in [1.54, 1.807) is 38.4 Å². The molecule has 0 aliphatic rings. The van der Waals surface area contributed by atoms with Gasteiger partial charge in [-0.15, -0.1) is 11.3 Å². The van der Waals surface area contributed by atoms with Crippen molar-refractivity contribution < 1.29 is 14.6 Å². The fourth-order valence-corrected chi connectivity index (χ4v) is 3.24. The van der Waals surface area contributed by atoms with Crippen molar-refractivity contribution in [3.63, 3.8) is 0 Å². The molecule has 0 aliphatic carbocycles. The highest BCUT2D eigenvalue weighted by Crippen LogP contribution is 2.32. The van der Waals surface area contributed by atoms with Gasteiger partial charge in [0.1, 0.15) is 17.2 Å². The Balaban J connectivity index is 1.89. The Bertz CT molecular complexity index is 969. The normalized spacial score (nSPS) is 11.0. The van der Waals surface area contributed by atoms with Crippen LogP contribution in [-0.4, -0.2) is 52.6 Å². The Morgan fingerprint density at radius 3 is 2.74 bits per heavy atom. The van der Waals surface area contributed by atoms with Crippen molar-refractivity contribution in [2.45, 2.75) is 19.9 Å². The van der Waals surface area contributed by atoms with Gasteiger partial charge in [-0.05, 0) is 26.0 Å². The van der Waals surface area contributed by atoms with Gasteiger partial charge in [0.2, 0.25) is 0 Å². The van der Waals surface area contributed by atoms with Gasteiger partial charge in [0.25, 0.3) is 5.91 Å². The third kappa shape index (κ3) is 4.46. The molecule has 0 atom stereocenters. The summed E-state index contributed by atoms with van der Waals surface area (Å²) in [5.74, 6) is 0.506. The molecule has 2 aromatic heterocycles. The number of ether oxygens (including phenoxy) is 1. The van der Waals surface area contributed by atoms with Crippen LogP contribution in [0.4, 0.5) is 5.13 Å². The van der Waals surface area contributed by atoms with Crippen molar-refractivity contribution in [3.8, 4) is 22.9 Å². The van der Waals surface area contributed by atoms with Gasteiger partial charge in [0, 0.05) is 43.0 Å². The fraction of sp³-hybridized carbons (Fsp3) is 0.316. The van der Waals surface area contributed by atoms with Crippen molar-refractivity contribution in [1.82, 2.24) is 14.9 Å². The van der Waals surface area contributed by atoms with E-state index >= 15 is 0 Å².